The van der Waals surface area contributed by atoms with Crippen molar-refractivity contribution >= 4 is 12.0 Å². The van der Waals surface area contributed by atoms with E-state index in [2.05, 4.69) is 10.1 Å². The van der Waals surface area contributed by atoms with Gasteiger partial charge in [0.1, 0.15) is 11.7 Å². The van der Waals surface area contributed by atoms with Gasteiger partial charge in [0.25, 0.3) is 5.72 Å². The van der Waals surface area contributed by atoms with E-state index < -0.39 is 41.7 Å². The second-order valence-electron chi connectivity index (χ2n) is 5.12. The third-order valence-corrected chi connectivity index (χ3v) is 3.55. The van der Waals surface area contributed by atoms with Crippen molar-refractivity contribution in [2.75, 3.05) is 6.61 Å². The summed E-state index contributed by atoms with van der Waals surface area (Å²) in [5.41, 5.74) is -3.98. The third kappa shape index (κ3) is 3.14. The van der Waals surface area contributed by atoms with Crippen LogP contribution in [0.3, 0.4) is 0 Å². The first-order valence-electron chi connectivity index (χ1n) is 6.90. The van der Waals surface area contributed by atoms with Gasteiger partial charge in [0.2, 0.25) is 0 Å². The van der Waals surface area contributed by atoms with Crippen LogP contribution in [-0.4, -0.2) is 35.6 Å². The lowest BCUT2D eigenvalue weighted by molar-refractivity contribution is -0.294. The molecular formula is C14H14F4N2O4. The van der Waals surface area contributed by atoms with Gasteiger partial charge in [0.15, 0.2) is 0 Å². The van der Waals surface area contributed by atoms with Crippen LogP contribution in [0.5, 0.6) is 0 Å². The highest BCUT2D eigenvalue weighted by atomic mass is 19.4. The number of nitrogens with one attached hydrogen (secondary N) is 2. The molecule has 0 radical (unpaired) electrons. The molecule has 1 heterocycles. The molecule has 1 aliphatic rings. The summed E-state index contributed by atoms with van der Waals surface area (Å²) in [7, 11) is 0. The predicted molar refractivity (Wildman–Crippen MR) is 71.9 cm³/mol. The average molecular weight is 350 g/mol. The summed E-state index contributed by atoms with van der Waals surface area (Å²) < 4.78 is 58.0. The van der Waals surface area contributed by atoms with Gasteiger partial charge in [-0.1, -0.05) is 12.1 Å². The smallest absolute Gasteiger partial charge is 0.437 e. The molecule has 3 N–H and O–H groups in total. The zero-order valence-corrected chi connectivity index (χ0v) is 12.4. The van der Waals surface area contributed by atoms with Crippen LogP contribution >= 0.6 is 0 Å². The normalized spacial score (nSPS) is 27.2. The van der Waals surface area contributed by atoms with E-state index in [1.54, 1.807) is 0 Å². The molecule has 132 valence electrons. The highest BCUT2D eigenvalue weighted by Gasteiger charge is 2.67. The Labute approximate surface area is 133 Å². The quantitative estimate of drug-likeness (QED) is 0.571. The van der Waals surface area contributed by atoms with Crippen LogP contribution < -0.4 is 10.6 Å². The predicted octanol–water partition coefficient (Wildman–Crippen LogP) is 1.61. The maximum absolute atomic E-state index is 13.4. The summed E-state index contributed by atoms with van der Waals surface area (Å²) in [4.78, 5) is 23.7. The van der Waals surface area contributed by atoms with Crippen LogP contribution in [0, 0.1) is 11.7 Å². The Morgan fingerprint density at radius 3 is 2.62 bits per heavy atom. The molecule has 0 unspecified atom stereocenters. The number of rotatable bonds is 3. The molecule has 1 saturated heterocycles. The first-order valence-corrected chi connectivity index (χ1v) is 6.90. The number of urea groups is 1. The van der Waals surface area contributed by atoms with Gasteiger partial charge in [-0.25, -0.2) is 9.18 Å². The fraction of sp³-hybridized carbons (Fsp3) is 0.429. The van der Waals surface area contributed by atoms with Gasteiger partial charge in [-0.15, -0.1) is 0 Å². The van der Waals surface area contributed by atoms with Gasteiger partial charge in [0.05, 0.1) is 12.6 Å². The molecule has 1 fully saturated rings. The van der Waals surface area contributed by atoms with E-state index in [1.807, 2.05) is 0 Å². The van der Waals surface area contributed by atoms with Gasteiger partial charge in [0, 0.05) is 0 Å². The van der Waals surface area contributed by atoms with Crippen LogP contribution in [0.2, 0.25) is 0 Å². The van der Waals surface area contributed by atoms with Gasteiger partial charge >= 0.3 is 18.2 Å². The topological polar surface area (TPSA) is 87.7 Å². The number of aliphatic hydroxyl groups is 1. The van der Waals surface area contributed by atoms with Crippen LogP contribution in [-0.2, 0) is 9.53 Å². The Balaban J connectivity index is 2.57. The molecule has 1 aliphatic heterocycles. The maximum Gasteiger partial charge on any atom is 0.437 e. The molecule has 2 rings (SSSR count). The molecule has 0 bridgehead atoms. The summed E-state index contributed by atoms with van der Waals surface area (Å²) in [6.07, 6.45) is -5.37. The third-order valence-electron chi connectivity index (χ3n) is 3.55. The number of carbonyl (C=O) groups excluding carboxylic acids is 2. The van der Waals surface area contributed by atoms with Crippen molar-refractivity contribution in [3.05, 3.63) is 35.6 Å². The zero-order chi connectivity index (χ0) is 18.1. The highest BCUT2D eigenvalue weighted by Crippen LogP contribution is 2.43. The number of halogens is 4. The van der Waals surface area contributed by atoms with Gasteiger partial charge in [-0.3, -0.25) is 4.79 Å². The summed E-state index contributed by atoms with van der Waals surface area (Å²) in [6, 6.07) is 1.33. The van der Waals surface area contributed by atoms with E-state index in [0.29, 0.717) is 0 Å². The first kappa shape index (κ1) is 18.0. The minimum absolute atomic E-state index is 0.120. The summed E-state index contributed by atoms with van der Waals surface area (Å²) in [5.74, 6) is -4.44. The lowest BCUT2D eigenvalue weighted by atomic mass is 9.82. The first-order chi connectivity index (χ1) is 11.1. The van der Waals surface area contributed by atoms with Crippen molar-refractivity contribution < 1.29 is 37.0 Å². The van der Waals surface area contributed by atoms with Crippen molar-refractivity contribution in [3.63, 3.8) is 0 Å². The van der Waals surface area contributed by atoms with Gasteiger partial charge < -0.3 is 20.5 Å². The van der Waals surface area contributed by atoms with E-state index in [9.17, 15) is 32.3 Å². The standard InChI is InChI=1S/C14H14F4N2O4/c1-2-24-11(21)9-10(7-4-3-5-8(15)6-7)19-12(22)20-13(9,23)14(16,17)18/h3-6,9-10,23H,2H2,1H3,(H2,19,20,22)/t9-,10+,13+/m1/s1. The SMILES string of the molecule is CCOC(=O)[C@H]1[C@H](c2cccc(F)c2)NC(=O)N[C@@]1(O)C(F)(F)F. The fourth-order valence-corrected chi connectivity index (χ4v) is 2.51. The Kier molecular flexibility index (Phi) is 4.70. The number of amides is 2. The van der Waals surface area contributed by atoms with Crippen molar-refractivity contribution in [3.8, 4) is 0 Å². The molecule has 2 amide bonds. The van der Waals surface area contributed by atoms with Gasteiger partial charge in [-0.05, 0) is 24.6 Å². The summed E-state index contributed by atoms with van der Waals surface area (Å²) >= 11 is 0. The molecule has 0 aromatic heterocycles. The van der Waals surface area contributed by atoms with E-state index in [0.717, 1.165) is 12.1 Å². The second kappa shape index (κ2) is 6.27. The number of benzene rings is 1. The Morgan fingerprint density at radius 1 is 1.42 bits per heavy atom. The van der Waals surface area contributed by atoms with Crippen molar-refractivity contribution in [1.82, 2.24) is 10.6 Å². The van der Waals surface area contributed by atoms with Crippen molar-refractivity contribution in [2.24, 2.45) is 5.92 Å². The van der Waals surface area contributed by atoms with Crippen LogP contribution in [0.1, 0.15) is 18.5 Å². The number of ether oxygens (including phenoxy) is 1. The minimum atomic E-state index is -5.37. The lowest BCUT2D eigenvalue weighted by Crippen LogP contribution is -2.73. The van der Waals surface area contributed by atoms with Crippen molar-refractivity contribution in [1.29, 1.82) is 0 Å². The molecule has 0 saturated carbocycles. The summed E-state index contributed by atoms with van der Waals surface area (Å²) in [5, 5.41) is 13.5. The molecule has 24 heavy (non-hydrogen) atoms. The molecule has 6 nitrogen and oxygen atoms in total. The van der Waals surface area contributed by atoms with E-state index in [1.165, 1.54) is 24.4 Å². The number of hydrogen-bond acceptors (Lipinski definition) is 4. The van der Waals surface area contributed by atoms with E-state index in [4.69, 9.17) is 0 Å². The van der Waals surface area contributed by atoms with E-state index >= 15 is 0 Å². The fourth-order valence-electron chi connectivity index (χ4n) is 2.51. The highest BCUT2D eigenvalue weighted by molar-refractivity contribution is 5.83. The Morgan fingerprint density at radius 2 is 2.08 bits per heavy atom. The number of carbonyl (C=O) groups is 2. The molecule has 0 spiro atoms. The largest absolute Gasteiger partial charge is 0.466 e. The van der Waals surface area contributed by atoms with E-state index in [-0.39, 0.29) is 12.2 Å². The second-order valence-corrected chi connectivity index (χ2v) is 5.12. The average Bonchev–Trinajstić information content (AvgIpc) is 2.45. The molecule has 1 aromatic rings. The lowest BCUT2D eigenvalue weighted by Gasteiger charge is -2.44. The van der Waals surface area contributed by atoms with Gasteiger partial charge in [-0.2, -0.15) is 13.2 Å². The molecule has 0 aliphatic carbocycles. The summed E-state index contributed by atoms with van der Waals surface area (Å²) in [6.45, 7) is 1.13. The van der Waals surface area contributed by atoms with Crippen LogP contribution in [0.4, 0.5) is 22.4 Å². The minimum Gasteiger partial charge on any atom is -0.466 e. The molecule has 3 atom stereocenters. The Hall–Kier alpha value is -2.36. The molecule has 1 aromatic carbocycles. The zero-order valence-electron chi connectivity index (χ0n) is 12.4. The van der Waals surface area contributed by atoms with Crippen LogP contribution in [0.25, 0.3) is 0 Å². The maximum atomic E-state index is 13.4. The number of alkyl halides is 3. The number of esters is 1. The monoisotopic (exact) mass is 350 g/mol. The van der Waals surface area contributed by atoms with Crippen molar-refractivity contribution in [2.45, 2.75) is 24.9 Å². The Bertz CT molecular complexity index is 652. The number of hydrogen-bond donors (Lipinski definition) is 3. The molecular weight excluding hydrogens is 336 g/mol. The molecule has 10 heteroatoms. The van der Waals surface area contributed by atoms with Crippen LogP contribution in [0.15, 0.2) is 24.3 Å².